The molecular formula is C15H20N4O. The monoisotopic (exact) mass is 272 g/mol. The molecule has 0 aliphatic carbocycles. The zero-order valence-electron chi connectivity index (χ0n) is 11.8. The van der Waals surface area contributed by atoms with Gasteiger partial charge in [-0.1, -0.05) is 29.8 Å². The van der Waals surface area contributed by atoms with Crippen LogP contribution in [-0.2, 0) is 6.54 Å². The Balaban J connectivity index is 2.01. The van der Waals surface area contributed by atoms with Crippen LogP contribution in [0.25, 0.3) is 0 Å². The molecule has 0 fully saturated rings. The summed E-state index contributed by atoms with van der Waals surface area (Å²) < 4.78 is 1.81. The summed E-state index contributed by atoms with van der Waals surface area (Å²) in [6, 6.07) is 8.06. The number of aromatic nitrogens is 2. The number of carbonyl (C=O) groups is 1. The summed E-state index contributed by atoms with van der Waals surface area (Å²) in [5.41, 5.74) is 8.16. The predicted octanol–water partition coefficient (Wildman–Crippen LogP) is 1.64. The van der Waals surface area contributed by atoms with Gasteiger partial charge in [-0.15, -0.1) is 0 Å². The maximum atomic E-state index is 12.1. The van der Waals surface area contributed by atoms with Gasteiger partial charge in [-0.2, -0.15) is 0 Å². The SMILES string of the molecule is Cc1ccc([C@H](C)NC(=O)c2cn(CCN)cn2)cc1. The van der Waals surface area contributed by atoms with E-state index < -0.39 is 0 Å². The van der Waals surface area contributed by atoms with E-state index in [1.165, 1.54) is 5.56 Å². The minimum atomic E-state index is -0.172. The highest BCUT2D eigenvalue weighted by Crippen LogP contribution is 2.13. The van der Waals surface area contributed by atoms with Gasteiger partial charge >= 0.3 is 0 Å². The summed E-state index contributed by atoms with van der Waals surface area (Å²) in [6.45, 7) is 5.18. The topological polar surface area (TPSA) is 72.9 Å². The highest BCUT2D eigenvalue weighted by Gasteiger charge is 2.13. The quantitative estimate of drug-likeness (QED) is 0.869. The van der Waals surface area contributed by atoms with E-state index in [2.05, 4.69) is 10.3 Å². The summed E-state index contributed by atoms with van der Waals surface area (Å²) in [5, 5.41) is 2.94. The van der Waals surface area contributed by atoms with Crippen LogP contribution in [0.15, 0.2) is 36.8 Å². The van der Waals surface area contributed by atoms with Gasteiger partial charge in [-0.25, -0.2) is 4.98 Å². The van der Waals surface area contributed by atoms with Gasteiger partial charge in [0.25, 0.3) is 5.91 Å². The molecule has 1 aromatic heterocycles. The summed E-state index contributed by atoms with van der Waals surface area (Å²) >= 11 is 0. The second kappa shape index (κ2) is 6.34. The van der Waals surface area contributed by atoms with E-state index >= 15 is 0 Å². The maximum absolute atomic E-state index is 12.1. The van der Waals surface area contributed by atoms with Crippen molar-refractivity contribution in [1.82, 2.24) is 14.9 Å². The molecule has 1 amide bonds. The van der Waals surface area contributed by atoms with Crippen molar-refractivity contribution in [3.05, 3.63) is 53.6 Å². The van der Waals surface area contributed by atoms with Gasteiger partial charge in [-0.05, 0) is 19.4 Å². The van der Waals surface area contributed by atoms with Gasteiger partial charge in [0.2, 0.25) is 0 Å². The van der Waals surface area contributed by atoms with Crippen molar-refractivity contribution in [3.8, 4) is 0 Å². The molecule has 0 aliphatic heterocycles. The van der Waals surface area contributed by atoms with E-state index in [0.29, 0.717) is 18.8 Å². The van der Waals surface area contributed by atoms with Crippen LogP contribution in [0.5, 0.6) is 0 Å². The number of benzene rings is 1. The van der Waals surface area contributed by atoms with E-state index in [9.17, 15) is 4.79 Å². The standard InChI is InChI=1S/C15H20N4O/c1-11-3-5-13(6-4-11)12(2)18-15(20)14-9-19(8-7-16)10-17-14/h3-6,9-10,12H,7-8,16H2,1-2H3,(H,18,20)/t12-/m0/s1. The summed E-state index contributed by atoms with van der Waals surface area (Å²) in [5.74, 6) is -0.172. The first-order valence-corrected chi connectivity index (χ1v) is 6.69. The molecule has 106 valence electrons. The van der Waals surface area contributed by atoms with Crippen molar-refractivity contribution < 1.29 is 4.79 Å². The third kappa shape index (κ3) is 3.45. The molecule has 3 N–H and O–H groups in total. The number of nitrogens with one attached hydrogen (secondary N) is 1. The first-order chi connectivity index (χ1) is 9.60. The fourth-order valence-corrected chi connectivity index (χ4v) is 1.96. The summed E-state index contributed by atoms with van der Waals surface area (Å²) in [7, 11) is 0. The molecule has 0 saturated carbocycles. The molecule has 0 spiro atoms. The average Bonchev–Trinajstić information content (AvgIpc) is 2.88. The van der Waals surface area contributed by atoms with E-state index in [4.69, 9.17) is 5.73 Å². The number of hydrogen-bond donors (Lipinski definition) is 2. The first kappa shape index (κ1) is 14.3. The Kier molecular flexibility index (Phi) is 4.53. The lowest BCUT2D eigenvalue weighted by Gasteiger charge is -2.13. The molecule has 0 unspecified atom stereocenters. The molecule has 2 rings (SSSR count). The van der Waals surface area contributed by atoms with Crippen molar-refractivity contribution in [2.24, 2.45) is 5.73 Å². The van der Waals surface area contributed by atoms with Crippen LogP contribution in [0.2, 0.25) is 0 Å². The molecule has 0 bridgehead atoms. The molecule has 0 saturated heterocycles. The molecule has 5 nitrogen and oxygen atoms in total. The lowest BCUT2D eigenvalue weighted by molar-refractivity contribution is 0.0935. The van der Waals surface area contributed by atoms with Crippen molar-refractivity contribution in [2.75, 3.05) is 6.54 Å². The molecule has 0 radical (unpaired) electrons. The number of rotatable bonds is 5. The number of hydrogen-bond acceptors (Lipinski definition) is 3. The van der Waals surface area contributed by atoms with Crippen LogP contribution < -0.4 is 11.1 Å². The number of carbonyl (C=O) groups excluding carboxylic acids is 1. The number of aryl methyl sites for hydroxylation is 1. The molecule has 20 heavy (non-hydrogen) atoms. The van der Waals surface area contributed by atoms with Gasteiger partial charge in [0, 0.05) is 19.3 Å². The fourth-order valence-electron chi connectivity index (χ4n) is 1.96. The van der Waals surface area contributed by atoms with Gasteiger partial charge in [-0.3, -0.25) is 4.79 Å². The molecule has 5 heteroatoms. The smallest absolute Gasteiger partial charge is 0.271 e. The molecule has 2 aromatic rings. The van der Waals surface area contributed by atoms with Gasteiger partial charge < -0.3 is 15.6 Å². The lowest BCUT2D eigenvalue weighted by atomic mass is 10.1. The Labute approximate surface area is 118 Å². The average molecular weight is 272 g/mol. The summed E-state index contributed by atoms with van der Waals surface area (Å²) in [6.07, 6.45) is 3.34. The number of nitrogens with two attached hydrogens (primary N) is 1. The van der Waals surface area contributed by atoms with Gasteiger partial charge in [0.05, 0.1) is 12.4 Å². The third-order valence-electron chi connectivity index (χ3n) is 3.18. The van der Waals surface area contributed by atoms with Gasteiger partial charge in [0.1, 0.15) is 5.69 Å². The minimum absolute atomic E-state index is 0.0530. The molecule has 1 aromatic carbocycles. The zero-order chi connectivity index (χ0) is 14.5. The normalized spacial score (nSPS) is 12.2. The molecule has 0 aliphatic rings. The Hall–Kier alpha value is -2.14. The molecule has 1 atom stereocenters. The number of amides is 1. The van der Waals surface area contributed by atoms with Crippen LogP contribution in [-0.4, -0.2) is 22.0 Å². The zero-order valence-corrected chi connectivity index (χ0v) is 11.8. The van der Waals surface area contributed by atoms with Crippen molar-refractivity contribution >= 4 is 5.91 Å². The van der Waals surface area contributed by atoms with E-state index in [0.717, 1.165) is 5.56 Å². The highest BCUT2D eigenvalue weighted by molar-refractivity contribution is 5.92. The van der Waals surface area contributed by atoms with Crippen molar-refractivity contribution in [2.45, 2.75) is 26.4 Å². The maximum Gasteiger partial charge on any atom is 0.271 e. The second-order valence-corrected chi connectivity index (χ2v) is 4.89. The number of nitrogens with zero attached hydrogens (tertiary/aromatic N) is 2. The van der Waals surface area contributed by atoms with Crippen LogP contribution in [0.4, 0.5) is 0 Å². The number of imidazole rings is 1. The lowest BCUT2D eigenvalue weighted by Crippen LogP contribution is -2.26. The van der Waals surface area contributed by atoms with E-state index in [-0.39, 0.29) is 11.9 Å². The third-order valence-corrected chi connectivity index (χ3v) is 3.18. The van der Waals surface area contributed by atoms with Crippen LogP contribution in [0, 0.1) is 6.92 Å². The van der Waals surface area contributed by atoms with Crippen LogP contribution in [0.3, 0.4) is 0 Å². The van der Waals surface area contributed by atoms with Gasteiger partial charge in [0.15, 0.2) is 0 Å². The van der Waals surface area contributed by atoms with Crippen LogP contribution >= 0.6 is 0 Å². The second-order valence-electron chi connectivity index (χ2n) is 4.89. The highest BCUT2D eigenvalue weighted by atomic mass is 16.1. The van der Waals surface area contributed by atoms with Crippen molar-refractivity contribution in [1.29, 1.82) is 0 Å². The Morgan fingerprint density at radius 2 is 2.10 bits per heavy atom. The molecular weight excluding hydrogens is 252 g/mol. The molecule has 1 heterocycles. The van der Waals surface area contributed by atoms with E-state index in [1.807, 2.05) is 42.7 Å². The van der Waals surface area contributed by atoms with Crippen molar-refractivity contribution in [3.63, 3.8) is 0 Å². The predicted molar refractivity (Wildman–Crippen MR) is 78.3 cm³/mol. The Morgan fingerprint density at radius 1 is 1.40 bits per heavy atom. The van der Waals surface area contributed by atoms with E-state index in [1.54, 1.807) is 12.5 Å². The van der Waals surface area contributed by atoms with Crippen LogP contribution in [0.1, 0.15) is 34.6 Å². The largest absolute Gasteiger partial charge is 0.344 e. The minimum Gasteiger partial charge on any atom is -0.344 e. The summed E-state index contributed by atoms with van der Waals surface area (Å²) in [4.78, 5) is 16.2. The first-order valence-electron chi connectivity index (χ1n) is 6.69. The fraction of sp³-hybridized carbons (Fsp3) is 0.333. The Morgan fingerprint density at radius 3 is 2.75 bits per heavy atom. The Bertz CT molecular complexity index is 574.